The number of aromatic hydroxyl groups is 1. The Morgan fingerprint density at radius 2 is 2.13 bits per heavy atom. The van der Waals surface area contributed by atoms with Gasteiger partial charge in [0, 0.05) is 18.1 Å². The minimum atomic E-state index is 0.139. The van der Waals surface area contributed by atoms with Crippen molar-refractivity contribution in [2.75, 3.05) is 13.2 Å². The van der Waals surface area contributed by atoms with Crippen LogP contribution in [0.15, 0.2) is 12.1 Å². The molecule has 0 radical (unpaired) electrons. The third-order valence-corrected chi connectivity index (χ3v) is 2.24. The van der Waals surface area contributed by atoms with Crippen LogP contribution in [0.1, 0.15) is 12.0 Å². The summed E-state index contributed by atoms with van der Waals surface area (Å²) in [5, 5.41) is 9.44. The smallest absolute Gasteiger partial charge is 0.165 e. The van der Waals surface area contributed by atoms with E-state index in [1.54, 1.807) is 6.07 Å². The van der Waals surface area contributed by atoms with Gasteiger partial charge in [0.2, 0.25) is 0 Å². The second-order valence-corrected chi connectivity index (χ2v) is 3.33. The number of fused-ring (bicyclic) bond motifs is 1. The molecule has 2 rings (SSSR count). The number of aldehydes is 1. The lowest BCUT2D eigenvalue weighted by molar-refractivity contribution is -0.107. The molecule has 0 unspecified atom stereocenters. The van der Waals surface area contributed by atoms with Crippen molar-refractivity contribution in [3.63, 3.8) is 0 Å². The van der Waals surface area contributed by atoms with Gasteiger partial charge in [-0.1, -0.05) is 0 Å². The van der Waals surface area contributed by atoms with E-state index < -0.39 is 0 Å². The molecule has 0 fully saturated rings. The molecule has 0 saturated carbocycles. The molecule has 0 bridgehead atoms. The van der Waals surface area contributed by atoms with Crippen LogP contribution in [-0.4, -0.2) is 24.6 Å². The van der Waals surface area contributed by atoms with Crippen LogP contribution in [0.4, 0.5) is 0 Å². The van der Waals surface area contributed by atoms with Gasteiger partial charge in [-0.3, -0.25) is 0 Å². The summed E-state index contributed by atoms with van der Waals surface area (Å²) in [6.07, 6.45) is 1.82. The fourth-order valence-corrected chi connectivity index (χ4v) is 1.61. The molecule has 0 aromatic heterocycles. The third-order valence-electron chi connectivity index (χ3n) is 2.24. The molecule has 1 aromatic rings. The van der Waals surface area contributed by atoms with Gasteiger partial charge in [-0.2, -0.15) is 0 Å². The maximum atomic E-state index is 10.3. The van der Waals surface area contributed by atoms with Crippen LogP contribution in [-0.2, 0) is 11.2 Å². The quantitative estimate of drug-likeness (QED) is 0.760. The average Bonchev–Trinajstić information content (AvgIpc) is 2.25. The summed E-state index contributed by atoms with van der Waals surface area (Å²) >= 11 is 0. The topological polar surface area (TPSA) is 55.8 Å². The van der Waals surface area contributed by atoms with Crippen LogP contribution in [0, 0.1) is 0 Å². The van der Waals surface area contributed by atoms with E-state index in [2.05, 4.69) is 0 Å². The molecule has 1 aliphatic heterocycles. The van der Waals surface area contributed by atoms with Crippen LogP contribution < -0.4 is 9.47 Å². The first-order chi connectivity index (χ1) is 7.31. The highest BCUT2D eigenvalue weighted by atomic mass is 16.6. The Morgan fingerprint density at radius 3 is 2.93 bits per heavy atom. The summed E-state index contributed by atoms with van der Waals surface area (Å²) in [7, 11) is 0. The van der Waals surface area contributed by atoms with Gasteiger partial charge in [0.25, 0.3) is 0 Å². The Bertz CT molecular complexity index is 373. The van der Waals surface area contributed by atoms with E-state index in [1.165, 1.54) is 6.07 Å². The Kier molecular flexibility index (Phi) is 2.76. The van der Waals surface area contributed by atoms with Crippen LogP contribution in [0.3, 0.4) is 0 Å². The zero-order chi connectivity index (χ0) is 10.7. The molecule has 1 aromatic carbocycles. The molecular formula is C11H12O4. The van der Waals surface area contributed by atoms with Crippen molar-refractivity contribution in [3.8, 4) is 17.2 Å². The Hall–Kier alpha value is -1.71. The number of aryl methyl sites for hydroxylation is 1. The number of carbonyl (C=O) groups is 1. The monoisotopic (exact) mass is 208 g/mol. The normalized spacial score (nSPS) is 13.6. The standard InChI is InChI=1S/C11H12O4/c12-3-1-2-8-6-9(13)7-10-11(8)15-5-4-14-10/h3,6-7,13H,1-2,4-5H2. The van der Waals surface area contributed by atoms with E-state index >= 15 is 0 Å². The summed E-state index contributed by atoms with van der Waals surface area (Å²) in [5.41, 5.74) is 0.816. The predicted octanol–water partition coefficient (Wildman–Crippen LogP) is 1.29. The number of benzene rings is 1. The van der Waals surface area contributed by atoms with E-state index in [9.17, 15) is 9.90 Å². The van der Waals surface area contributed by atoms with E-state index in [4.69, 9.17) is 9.47 Å². The zero-order valence-electron chi connectivity index (χ0n) is 8.23. The van der Waals surface area contributed by atoms with E-state index in [0.29, 0.717) is 37.6 Å². The van der Waals surface area contributed by atoms with Crippen LogP contribution >= 0.6 is 0 Å². The molecule has 1 aliphatic rings. The first-order valence-corrected chi connectivity index (χ1v) is 4.86. The number of carbonyl (C=O) groups excluding carboxylic acids is 1. The van der Waals surface area contributed by atoms with Crippen molar-refractivity contribution in [2.24, 2.45) is 0 Å². The maximum Gasteiger partial charge on any atom is 0.165 e. The highest BCUT2D eigenvalue weighted by Crippen LogP contribution is 2.37. The Balaban J connectivity index is 2.34. The summed E-state index contributed by atoms with van der Waals surface area (Å²) in [6, 6.07) is 3.13. The fraction of sp³-hybridized carbons (Fsp3) is 0.364. The average molecular weight is 208 g/mol. The van der Waals surface area contributed by atoms with Gasteiger partial charge in [0.1, 0.15) is 25.2 Å². The summed E-state index contributed by atoms with van der Waals surface area (Å²) in [4.78, 5) is 10.3. The lowest BCUT2D eigenvalue weighted by Crippen LogP contribution is -2.16. The SMILES string of the molecule is O=CCCc1cc(O)cc2c1OCCO2. The first kappa shape index (κ1) is 9.83. The lowest BCUT2D eigenvalue weighted by Gasteiger charge is -2.21. The Morgan fingerprint density at radius 1 is 1.33 bits per heavy atom. The minimum Gasteiger partial charge on any atom is -0.508 e. The highest BCUT2D eigenvalue weighted by Gasteiger charge is 2.17. The fourth-order valence-electron chi connectivity index (χ4n) is 1.61. The molecule has 80 valence electrons. The van der Waals surface area contributed by atoms with Gasteiger partial charge >= 0.3 is 0 Å². The molecular weight excluding hydrogens is 196 g/mol. The van der Waals surface area contributed by atoms with Crippen molar-refractivity contribution in [1.29, 1.82) is 0 Å². The lowest BCUT2D eigenvalue weighted by atomic mass is 10.1. The van der Waals surface area contributed by atoms with Gasteiger partial charge in [-0.25, -0.2) is 0 Å². The molecule has 1 N–H and O–H groups in total. The van der Waals surface area contributed by atoms with Crippen molar-refractivity contribution in [2.45, 2.75) is 12.8 Å². The van der Waals surface area contributed by atoms with Crippen molar-refractivity contribution >= 4 is 6.29 Å². The second kappa shape index (κ2) is 4.21. The van der Waals surface area contributed by atoms with Gasteiger partial charge in [-0.05, 0) is 12.5 Å². The molecule has 0 saturated heterocycles. The molecule has 1 heterocycles. The summed E-state index contributed by atoms with van der Waals surface area (Å²) in [5.74, 6) is 1.35. The van der Waals surface area contributed by atoms with E-state index in [1.807, 2.05) is 0 Å². The van der Waals surface area contributed by atoms with Gasteiger partial charge in [-0.15, -0.1) is 0 Å². The largest absolute Gasteiger partial charge is 0.508 e. The summed E-state index contributed by atoms with van der Waals surface area (Å²) < 4.78 is 10.8. The minimum absolute atomic E-state index is 0.139. The predicted molar refractivity (Wildman–Crippen MR) is 53.5 cm³/mol. The third kappa shape index (κ3) is 2.03. The highest BCUT2D eigenvalue weighted by molar-refractivity contribution is 5.55. The van der Waals surface area contributed by atoms with Crippen LogP contribution in [0.5, 0.6) is 17.2 Å². The van der Waals surface area contributed by atoms with Crippen molar-refractivity contribution in [3.05, 3.63) is 17.7 Å². The van der Waals surface area contributed by atoms with Gasteiger partial charge in [0.05, 0.1) is 0 Å². The number of hydrogen-bond donors (Lipinski definition) is 1. The number of hydrogen-bond acceptors (Lipinski definition) is 4. The van der Waals surface area contributed by atoms with Crippen LogP contribution in [0.25, 0.3) is 0 Å². The number of rotatable bonds is 3. The van der Waals surface area contributed by atoms with Crippen molar-refractivity contribution in [1.82, 2.24) is 0 Å². The van der Waals surface area contributed by atoms with Gasteiger partial charge in [0.15, 0.2) is 11.5 Å². The van der Waals surface area contributed by atoms with Gasteiger partial charge < -0.3 is 19.4 Å². The first-order valence-electron chi connectivity index (χ1n) is 4.86. The molecule has 4 heteroatoms. The molecule has 4 nitrogen and oxygen atoms in total. The zero-order valence-corrected chi connectivity index (χ0v) is 8.23. The molecule has 0 amide bonds. The second-order valence-electron chi connectivity index (χ2n) is 3.33. The number of phenolic OH excluding ortho intramolecular Hbond substituents is 1. The molecule has 0 atom stereocenters. The molecule has 15 heavy (non-hydrogen) atoms. The number of phenols is 1. The van der Waals surface area contributed by atoms with Crippen molar-refractivity contribution < 1.29 is 19.4 Å². The number of ether oxygens (including phenoxy) is 2. The van der Waals surface area contributed by atoms with Crippen LogP contribution in [0.2, 0.25) is 0 Å². The molecule has 0 aliphatic carbocycles. The Labute approximate surface area is 87.4 Å². The molecule has 0 spiro atoms. The van der Waals surface area contributed by atoms with E-state index in [-0.39, 0.29) is 5.75 Å². The maximum absolute atomic E-state index is 10.3. The van der Waals surface area contributed by atoms with E-state index in [0.717, 1.165) is 11.8 Å². The summed E-state index contributed by atoms with van der Waals surface area (Å²) in [6.45, 7) is 0.995.